The summed E-state index contributed by atoms with van der Waals surface area (Å²) in [4.78, 5) is 24.9. The van der Waals surface area contributed by atoms with Gasteiger partial charge in [0.15, 0.2) is 0 Å². The van der Waals surface area contributed by atoms with Crippen molar-refractivity contribution in [1.82, 2.24) is 0 Å². The lowest BCUT2D eigenvalue weighted by Crippen LogP contribution is -2.49. The normalized spacial score (nSPS) is 18.8. The smallest absolute Gasteiger partial charge is 0.270 e. The maximum absolute atomic E-state index is 13.3. The molecular formula is C17H15FN2O3S. The molecule has 1 heterocycles. The Morgan fingerprint density at radius 1 is 1.25 bits per heavy atom. The van der Waals surface area contributed by atoms with Crippen molar-refractivity contribution in [2.45, 2.75) is 29.5 Å². The largest absolute Gasteiger partial charge is 0.329 e. The number of rotatable bonds is 3. The summed E-state index contributed by atoms with van der Waals surface area (Å²) < 4.78 is 12.8. The van der Waals surface area contributed by atoms with Crippen molar-refractivity contribution in [3.05, 3.63) is 58.4 Å². The van der Waals surface area contributed by atoms with Crippen LogP contribution in [0.15, 0.2) is 47.4 Å². The van der Waals surface area contributed by atoms with E-state index in [9.17, 15) is 19.3 Å². The first kappa shape index (κ1) is 16.4. The van der Waals surface area contributed by atoms with Crippen molar-refractivity contribution in [3.8, 4) is 0 Å². The van der Waals surface area contributed by atoms with Crippen LogP contribution in [0.2, 0.25) is 0 Å². The van der Waals surface area contributed by atoms with Crippen molar-refractivity contribution in [3.63, 3.8) is 0 Å². The van der Waals surface area contributed by atoms with E-state index < -0.39 is 15.7 Å². The first-order valence-corrected chi connectivity index (χ1v) is 8.13. The van der Waals surface area contributed by atoms with Gasteiger partial charge in [-0.1, -0.05) is 0 Å². The fraction of sp³-hybridized carbons (Fsp3) is 0.235. The Hall–Kier alpha value is -2.41. The SMILES string of the molecule is CC1(C)Sc2cc([N+](=O)[O-])ccc2N(c2ccc(F)cc2)C1C=O. The molecule has 0 saturated carbocycles. The number of hydrogen-bond donors (Lipinski definition) is 0. The summed E-state index contributed by atoms with van der Waals surface area (Å²) in [6, 6.07) is 9.94. The van der Waals surface area contributed by atoms with E-state index >= 15 is 0 Å². The highest BCUT2D eigenvalue weighted by atomic mass is 32.2. The number of benzene rings is 2. The highest BCUT2D eigenvalue weighted by molar-refractivity contribution is 8.01. The molecule has 1 aliphatic rings. The maximum atomic E-state index is 13.3. The standard InChI is InChI=1S/C17H15FN2O3S/c1-17(2)16(10-21)19(12-5-3-11(18)4-6-12)14-8-7-13(20(22)23)9-15(14)24-17/h3-10,16H,1-2H3. The fourth-order valence-corrected chi connectivity index (χ4v) is 4.13. The van der Waals surface area contributed by atoms with Crippen LogP contribution >= 0.6 is 11.8 Å². The molecule has 0 aliphatic carbocycles. The minimum absolute atomic E-state index is 0.000610. The average molecular weight is 346 g/mol. The zero-order chi connectivity index (χ0) is 17.5. The quantitative estimate of drug-likeness (QED) is 0.470. The Balaban J connectivity index is 2.19. The molecule has 0 bridgehead atoms. The zero-order valence-electron chi connectivity index (χ0n) is 13.1. The van der Waals surface area contributed by atoms with Crippen LogP contribution in [0.1, 0.15) is 13.8 Å². The number of halogens is 1. The van der Waals surface area contributed by atoms with Crippen LogP contribution in [0, 0.1) is 15.9 Å². The number of non-ortho nitro benzene ring substituents is 1. The van der Waals surface area contributed by atoms with Gasteiger partial charge >= 0.3 is 0 Å². The predicted molar refractivity (Wildman–Crippen MR) is 91.4 cm³/mol. The molecule has 2 aromatic rings. The Kier molecular flexibility index (Phi) is 4.04. The molecule has 7 heteroatoms. The van der Waals surface area contributed by atoms with Crippen molar-refractivity contribution in [1.29, 1.82) is 0 Å². The second-order valence-corrected chi connectivity index (χ2v) is 7.74. The van der Waals surface area contributed by atoms with Gasteiger partial charge < -0.3 is 9.69 Å². The van der Waals surface area contributed by atoms with E-state index in [0.29, 0.717) is 11.4 Å². The van der Waals surface area contributed by atoms with Crippen molar-refractivity contribution < 1.29 is 14.1 Å². The molecule has 1 aliphatic heterocycles. The van der Waals surface area contributed by atoms with Crippen LogP contribution in [0.5, 0.6) is 0 Å². The lowest BCUT2D eigenvalue weighted by atomic mass is 10.00. The van der Waals surface area contributed by atoms with Gasteiger partial charge in [-0.25, -0.2) is 4.39 Å². The van der Waals surface area contributed by atoms with Gasteiger partial charge in [0.2, 0.25) is 0 Å². The summed E-state index contributed by atoms with van der Waals surface area (Å²) in [5.41, 5.74) is 1.37. The monoisotopic (exact) mass is 346 g/mol. The summed E-state index contributed by atoms with van der Waals surface area (Å²) in [6.07, 6.45) is 0.862. The van der Waals surface area contributed by atoms with Crippen molar-refractivity contribution in [2.75, 3.05) is 4.90 Å². The van der Waals surface area contributed by atoms with E-state index in [1.165, 1.54) is 36.0 Å². The van der Waals surface area contributed by atoms with Gasteiger partial charge in [0.05, 0.1) is 10.6 Å². The summed E-state index contributed by atoms with van der Waals surface area (Å²) in [7, 11) is 0. The number of anilines is 2. The number of nitrogens with zero attached hydrogens (tertiary/aromatic N) is 2. The molecule has 24 heavy (non-hydrogen) atoms. The number of nitro groups is 1. The van der Waals surface area contributed by atoms with Crippen LogP contribution in [-0.2, 0) is 4.79 Å². The average Bonchev–Trinajstić information content (AvgIpc) is 2.53. The Morgan fingerprint density at radius 3 is 2.50 bits per heavy atom. The van der Waals surface area contributed by atoms with Gasteiger partial charge in [-0.05, 0) is 44.2 Å². The van der Waals surface area contributed by atoms with Crippen LogP contribution in [0.25, 0.3) is 0 Å². The molecule has 0 N–H and O–H groups in total. The fourth-order valence-electron chi connectivity index (χ4n) is 2.83. The highest BCUT2D eigenvalue weighted by Crippen LogP contribution is 2.50. The van der Waals surface area contributed by atoms with Gasteiger partial charge in [-0.3, -0.25) is 10.1 Å². The first-order valence-electron chi connectivity index (χ1n) is 7.31. The van der Waals surface area contributed by atoms with Gasteiger partial charge in [0.25, 0.3) is 5.69 Å². The molecule has 5 nitrogen and oxygen atoms in total. The Bertz CT molecular complexity index is 808. The summed E-state index contributed by atoms with van der Waals surface area (Å²) >= 11 is 1.43. The number of carbonyl (C=O) groups is 1. The number of carbonyl (C=O) groups excluding carboxylic acids is 1. The molecule has 3 rings (SSSR count). The lowest BCUT2D eigenvalue weighted by molar-refractivity contribution is -0.385. The lowest BCUT2D eigenvalue weighted by Gasteiger charge is -2.45. The van der Waals surface area contributed by atoms with E-state index in [0.717, 1.165) is 11.2 Å². The minimum Gasteiger partial charge on any atom is -0.329 e. The number of thioether (sulfide) groups is 1. The third-order valence-corrected chi connectivity index (χ3v) is 5.33. The van der Waals surface area contributed by atoms with Gasteiger partial charge in [0, 0.05) is 27.5 Å². The molecule has 0 radical (unpaired) electrons. The summed E-state index contributed by atoms with van der Waals surface area (Å²) in [5, 5.41) is 11.0. The van der Waals surface area contributed by atoms with E-state index in [1.54, 1.807) is 18.2 Å². The minimum atomic E-state index is -0.502. The predicted octanol–water partition coefficient (Wildman–Crippen LogP) is 4.32. The molecule has 1 atom stereocenters. The molecule has 0 saturated heterocycles. The van der Waals surface area contributed by atoms with Crippen molar-refractivity contribution >= 4 is 35.1 Å². The molecule has 0 fully saturated rings. The van der Waals surface area contributed by atoms with Crippen LogP contribution in [0.3, 0.4) is 0 Å². The van der Waals surface area contributed by atoms with Gasteiger partial charge in [-0.15, -0.1) is 11.8 Å². The van der Waals surface area contributed by atoms with Crippen LogP contribution in [0.4, 0.5) is 21.5 Å². The Morgan fingerprint density at radius 2 is 1.92 bits per heavy atom. The summed E-state index contributed by atoms with van der Waals surface area (Å²) in [6.45, 7) is 3.82. The number of fused-ring (bicyclic) bond motifs is 1. The number of nitro benzene ring substituents is 1. The van der Waals surface area contributed by atoms with Crippen LogP contribution < -0.4 is 4.90 Å². The molecule has 0 aromatic heterocycles. The van der Waals surface area contributed by atoms with Crippen LogP contribution in [-0.4, -0.2) is 22.0 Å². The topological polar surface area (TPSA) is 63.5 Å². The molecular weight excluding hydrogens is 331 g/mol. The summed E-state index contributed by atoms with van der Waals surface area (Å²) in [5.74, 6) is -0.365. The molecule has 0 spiro atoms. The highest BCUT2D eigenvalue weighted by Gasteiger charge is 2.42. The zero-order valence-corrected chi connectivity index (χ0v) is 13.9. The van der Waals surface area contributed by atoms with E-state index in [-0.39, 0.29) is 11.5 Å². The maximum Gasteiger partial charge on any atom is 0.270 e. The molecule has 0 amide bonds. The molecule has 1 unspecified atom stereocenters. The Labute approximate surface area is 142 Å². The molecule has 124 valence electrons. The van der Waals surface area contributed by atoms with E-state index in [1.807, 2.05) is 18.7 Å². The van der Waals surface area contributed by atoms with Crippen molar-refractivity contribution in [2.24, 2.45) is 0 Å². The first-order chi connectivity index (χ1) is 11.3. The molecule has 2 aromatic carbocycles. The third-order valence-electron chi connectivity index (χ3n) is 4.01. The second kappa shape index (κ2) is 5.90. The van der Waals surface area contributed by atoms with Gasteiger partial charge in [0.1, 0.15) is 18.1 Å². The third kappa shape index (κ3) is 2.75. The van der Waals surface area contributed by atoms with E-state index in [2.05, 4.69) is 0 Å². The number of aldehydes is 1. The number of hydrogen-bond acceptors (Lipinski definition) is 5. The van der Waals surface area contributed by atoms with Gasteiger partial charge in [-0.2, -0.15) is 0 Å². The van der Waals surface area contributed by atoms with E-state index in [4.69, 9.17) is 0 Å². The second-order valence-electron chi connectivity index (χ2n) is 6.04.